The van der Waals surface area contributed by atoms with E-state index in [0.29, 0.717) is 21.3 Å². The molecule has 3 aromatic rings. The zero-order chi connectivity index (χ0) is 25.5. The van der Waals surface area contributed by atoms with Crippen molar-refractivity contribution in [2.75, 3.05) is 12.4 Å². The van der Waals surface area contributed by atoms with Crippen molar-refractivity contribution in [3.63, 3.8) is 0 Å². The molecule has 0 aliphatic rings. The van der Waals surface area contributed by atoms with Gasteiger partial charge in [0.05, 0.1) is 34.0 Å². The number of carbonyl (C=O) groups excluding carboxylic acids is 3. The molecular weight excluding hydrogens is 540 g/mol. The third-order valence-corrected chi connectivity index (χ3v) is 5.59. The molecule has 3 rings (SSSR count). The molecule has 12 heteroatoms. The van der Waals surface area contributed by atoms with Crippen LogP contribution in [-0.4, -0.2) is 31.1 Å². The van der Waals surface area contributed by atoms with Gasteiger partial charge in [0.1, 0.15) is 0 Å². The normalized spacial score (nSPS) is 10.7. The molecule has 0 aromatic heterocycles. The van der Waals surface area contributed by atoms with Crippen molar-refractivity contribution < 1.29 is 23.9 Å². The molecule has 3 aromatic carbocycles. The van der Waals surface area contributed by atoms with E-state index in [0.717, 1.165) is 0 Å². The summed E-state index contributed by atoms with van der Waals surface area (Å²) in [6, 6.07) is 13.3. The van der Waals surface area contributed by atoms with Crippen LogP contribution in [0.1, 0.15) is 15.9 Å². The molecule has 0 saturated carbocycles. The summed E-state index contributed by atoms with van der Waals surface area (Å²) in [6.45, 7) is 0. The Morgan fingerprint density at radius 2 is 1.60 bits per heavy atom. The molecule has 2 N–H and O–H groups in total. The monoisotopic (exact) mass is 553 g/mol. The SMILES string of the molecule is COc1cc(/C=N\NC(=O)C(=O)Nc2ccc(Cl)c(Cl)c2)ccc1OC(=O)c1ccc(Cl)cc1Cl. The predicted molar refractivity (Wildman–Crippen MR) is 135 cm³/mol. The quantitative estimate of drug-likeness (QED) is 0.135. The first-order chi connectivity index (χ1) is 16.7. The van der Waals surface area contributed by atoms with E-state index < -0.39 is 17.8 Å². The maximum absolute atomic E-state index is 12.4. The van der Waals surface area contributed by atoms with E-state index in [1.807, 2.05) is 0 Å². The van der Waals surface area contributed by atoms with Gasteiger partial charge in [-0.25, -0.2) is 10.2 Å². The molecule has 0 bridgehead atoms. The molecule has 0 fully saturated rings. The topological polar surface area (TPSA) is 106 Å². The van der Waals surface area contributed by atoms with Crippen molar-refractivity contribution in [1.82, 2.24) is 5.43 Å². The Bertz CT molecular complexity index is 1330. The van der Waals surface area contributed by atoms with E-state index in [-0.39, 0.29) is 27.1 Å². The third-order valence-electron chi connectivity index (χ3n) is 4.30. The summed E-state index contributed by atoms with van der Waals surface area (Å²) in [6.07, 6.45) is 1.27. The zero-order valence-corrected chi connectivity index (χ0v) is 20.8. The lowest BCUT2D eigenvalue weighted by Crippen LogP contribution is -2.32. The van der Waals surface area contributed by atoms with Gasteiger partial charge in [-0.3, -0.25) is 9.59 Å². The van der Waals surface area contributed by atoms with E-state index in [2.05, 4.69) is 15.8 Å². The standard InChI is InChI=1S/C23H15Cl4N3O5/c1-34-20-8-12(2-7-19(20)35-23(33)15-5-3-13(24)9-17(15)26)11-28-30-22(32)21(31)29-14-4-6-16(25)18(27)10-14/h2-11H,1H3,(H,29,31)(H,30,32)/b28-11-. The Kier molecular flexibility index (Phi) is 8.95. The van der Waals surface area contributed by atoms with E-state index in [1.54, 1.807) is 6.07 Å². The predicted octanol–water partition coefficient (Wildman–Crippen LogP) is 5.62. The van der Waals surface area contributed by atoms with Gasteiger partial charge in [-0.05, 0) is 60.2 Å². The fraction of sp³-hybridized carbons (Fsp3) is 0.0435. The number of nitrogens with zero attached hydrogens (tertiary/aromatic N) is 1. The van der Waals surface area contributed by atoms with Gasteiger partial charge in [0.25, 0.3) is 0 Å². The van der Waals surface area contributed by atoms with Gasteiger partial charge in [-0.1, -0.05) is 46.4 Å². The molecule has 180 valence electrons. The lowest BCUT2D eigenvalue weighted by atomic mass is 10.2. The summed E-state index contributed by atoms with van der Waals surface area (Å²) >= 11 is 23.6. The number of methoxy groups -OCH3 is 1. The summed E-state index contributed by atoms with van der Waals surface area (Å²) in [5, 5.41) is 7.17. The molecule has 0 radical (unpaired) electrons. The van der Waals surface area contributed by atoms with E-state index in [4.69, 9.17) is 55.9 Å². The Morgan fingerprint density at radius 3 is 2.29 bits per heavy atom. The maximum Gasteiger partial charge on any atom is 0.345 e. The molecule has 8 nitrogen and oxygen atoms in total. The van der Waals surface area contributed by atoms with Crippen molar-refractivity contribution in [1.29, 1.82) is 0 Å². The number of hydrogen-bond acceptors (Lipinski definition) is 6. The first-order valence-electron chi connectivity index (χ1n) is 9.62. The minimum absolute atomic E-state index is 0.130. The van der Waals surface area contributed by atoms with Gasteiger partial charge >= 0.3 is 17.8 Å². The largest absolute Gasteiger partial charge is 0.493 e. The summed E-state index contributed by atoms with van der Waals surface area (Å²) < 4.78 is 10.6. The molecule has 0 unspecified atom stereocenters. The number of hydrazone groups is 1. The van der Waals surface area contributed by atoms with Crippen LogP contribution >= 0.6 is 46.4 Å². The van der Waals surface area contributed by atoms with Gasteiger partial charge in [0.2, 0.25) is 0 Å². The van der Waals surface area contributed by atoms with Crippen molar-refractivity contribution in [3.05, 3.63) is 85.8 Å². The second-order valence-electron chi connectivity index (χ2n) is 6.71. The molecule has 0 heterocycles. The third kappa shape index (κ3) is 7.10. The summed E-state index contributed by atoms with van der Waals surface area (Å²) in [5.41, 5.74) is 3.00. The highest BCUT2D eigenvalue weighted by molar-refractivity contribution is 6.43. The average Bonchev–Trinajstić information content (AvgIpc) is 2.82. The lowest BCUT2D eigenvalue weighted by molar-refractivity contribution is -0.136. The smallest absolute Gasteiger partial charge is 0.345 e. The average molecular weight is 555 g/mol. The fourth-order valence-corrected chi connectivity index (χ4v) is 3.42. The molecule has 0 saturated heterocycles. The van der Waals surface area contributed by atoms with Crippen LogP contribution in [0.5, 0.6) is 11.5 Å². The van der Waals surface area contributed by atoms with Crippen LogP contribution in [-0.2, 0) is 9.59 Å². The number of esters is 1. The fourth-order valence-electron chi connectivity index (χ4n) is 2.64. The van der Waals surface area contributed by atoms with E-state index >= 15 is 0 Å². The van der Waals surface area contributed by atoms with Crippen molar-refractivity contribution >= 4 is 76.1 Å². The highest BCUT2D eigenvalue weighted by Crippen LogP contribution is 2.30. The summed E-state index contributed by atoms with van der Waals surface area (Å²) in [4.78, 5) is 36.4. The minimum Gasteiger partial charge on any atom is -0.493 e. The van der Waals surface area contributed by atoms with E-state index in [1.165, 1.54) is 61.9 Å². The van der Waals surface area contributed by atoms with Gasteiger partial charge in [0, 0.05) is 10.7 Å². The highest BCUT2D eigenvalue weighted by Gasteiger charge is 2.17. The lowest BCUT2D eigenvalue weighted by Gasteiger charge is -2.10. The van der Waals surface area contributed by atoms with Crippen molar-refractivity contribution in [2.24, 2.45) is 5.10 Å². The Hall–Kier alpha value is -3.30. The number of halogens is 4. The first-order valence-corrected chi connectivity index (χ1v) is 11.1. The van der Waals surface area contributed by atoms with Crippen LogP contribution in [0.3, 0.4) is 0 Å². The number of carbonyl (C=O) groups is 3. The van der Waals surface area contributed by atoms with E-state index in [9.17, 15) is 14.4 Å². The molecule has 2 amide bonds. The number of anilines is 1. The molecular formula is C23H15Cl4N3O5. The van der Waals surface area contributed by atoms with Gasteiger partial charge in [-0.15, -0.1) is 0 Å². The molecule has 35 heavy (non-hydrogen) atoms. The second kappa shape index (κ2) is 11.9. The Labute approximate surface area is 219 Å². The summed E-state index contributed by atoms with van der Waals surface area (Å²) in [5.74, 6) is -2.32. The molecule has 0 atom stereocenters. The Balaban J connectivity index is 1.62. The van der Waals surface area contributed by atoms with Crippen LogP contribution in [0.4, 0.5) is 5.69 Å². The number of benzene rings is 3. The summed E-state index contributed by atoms with van der Waals surface area (Å²) in [7, 11) is 1.39. The van der Waals surface area contributed by atoms with Gasteiger partial charge < -0.3 is 14.8 Å². The molecule has 0 aliphatic carbocycles. The van der Waals surface area contributed by atoms with Crippen LogP contribution < -0.4 is 20.2 Å². The minimum atomic E-state index is -1.01. The molecule has 0 aliphatic heterocycles. The van der Waals surface area contributed by atoms with Crippen molar-refractivity contribution in [2.45, 2.75) is 0 Å². The maximum atomic E-state index is 12.4. The highest BCUT2D eigenvalue weighted by atomic mass is 35.5. The number of hydrogen-bond donors (Lipinski definition) is 2. The molecule has 0 spiro atoms. The van der Waals surface area contributed by atoms with Crippen molar-refractivity contribution in [3.8, 4) is 11.5 Å². The number of rotatable bonds is 6. The zero-order valence-electron chi connectivity index (χ0n) is 17.8. The number of ether oxygens (including phenoxy) is 2. The number of amides is 2. The number of nitrogens with one attached hydrogen (secondary N) is 2. The van der Waals surface area contributed by atoms with Crippen LogP contribution in [0.15, 0.2) is 59.7 Å². The first kappa shape index (κ1) is 26.3. The van der Waals surface area contributed by atoms with Crippen LogP contribution in [0, 0.1) is 0 Å². The van der Waals surface area contributed by atoms with Crippen LogP contribution in [0.2, 0.25) is 20.1 Å². The van der Waals surface area contributed by atoms with Gasteiger partial charge in [-0.2, -0.15) is 5.10 Å². The van der Waals surface area contributed by atoms with Gasteiger partial charge in [0.15, 0.2) is 11.5 Å². The Morgan fingerprint density at radius 1 is 0.829 bits per heavy atom. The van der Waals surface area contributed by atoms with Crippen LogP contribution in [0.25, 0.3) is 0 Å². The second-order valence-corrected chi connectivity index (χ2v) is 8.36.